The number of hydrogen-bond donors (Lipinski definition) is 0. The van der Waals surface area contributed by atoms with Crippen LogP contribution in [0.25, 0.3) is 0 Å². The van der Waals surface area contributed by atoms with Gasteiger partial charge in [-0.25, -0.2) is 0 Å². The Labute approximate surface area is 88.4 Å². The second kappa shape index (κ2) is 5.19. The van der Waals surface area contributed by atoms with Gasteiger partial charge in [0.25, 0.3) is 0 Å². The van der Waals surface area contributed by atoms with Crippen molar-refractivity contribution in [2.75, 3.05) is 0 Å². The summed E-state index contributed by atoms with van der Waals surface area (Å²) in [6.07, 6.45) is 3.96. The molecule has 1 rings (SSSR count). The highest BCUT2D eigenvalue weighted by Gasteiger charge is 2.05. The molecule has 0 amide bonds. The molecule has 78 valence electrons. The minimum absolute atomic E-state index is 0.716. The van der Waals surface area contributed by atoms with Crippen molar-refractivity contribution in [1.29, 1.82) is 0 Å². The van der Waals surface area contributed by atoms with Gasteiger partial charge in [0.2, 0.25) is 0 Å². The van der Waals surface area contributed by atoms with E-state index >= 15 is 0 Å². The normalized spacial score (nSPS) is 12.9. The Morgan fingerprint density at radius 2 is 1.64 bits per heavy atom. The van der Waals surface area contributed by atoms with Crippen LogP contribution in [0.2, 0.25) is 0 Å². The molecule has 0 heterocycles. The van der Waals surface area contributed by atoms with Crippen LogP contribution in [-0.2, 0) is 0 Å². The van der Waals surface area contributed by atoms with Gasteiger partial charge in [-0.3, -0.25) is 0 Å². The molecule has 0 saturated heterocycles. The molecule has 0 N–H and O–H groups in total. The van der Waals surface area contributed by atoms with E-state index in [1.807, 2.05) is 0 Å². The number of unbranched alkanes of at least 4 members (excludes halogenated alkanes) is 1. The lowest BCUT2D eigenvalue weighted by Crippen LogP contribution is -1.95. The van der Waals surface area contributed by atoms with Crippen molar-refractivity contribution in [1.82, 2.24) is 0 Å². The predicted octanol–water partition coefficient (Wildman–Crippen LogP) is 4.60. The van der Waals surface area contributed by atoms with Crippen LogP contribution in [0.5, 0.6) is 0 Å². The van der Waals surface area contributed by atoms with E-state index in [0.29, 0.717) is 5.92 Å². The maximum Gasteiger partial charge on any atom is -0.0190 e. The second-order valence-electron chi connectivity index (χ2n) is 4.46. The Bertz CT molecular complexity index is 266. The monoisotopic (exact) mass is 190 g/mol. The molecular formula is C14H22. The van der Waals surface area contributed by atoms with E-state index in [1.165, 1.54) is 36.0 Å². The maximum absolute atomic E-state index is 2.34. The Kier molecular flexibility index (Phi) is 4.19. The molecule has 0 aromatic heterocycles. The molecule has 1 atom stereocenters. The standard InChI is InChI=1S/C14H22/c1-5-6-7-13(4)14-9-11(2)8-12(3)10-14/h8-10,13H,5-7H2,1-4H3. The summed E-state index contributed by atoms with van der Waals surface area (Å²) in [5, 5.41) is 0. The van der Waals surface area contributed by atoms with E-state index in [4.69, 9.17) is 0 Å². The number of aryl methyl sites for hydroxylation is 2. The Balaban J connectivity index is 2.73. The quantitative estimate of drug-likeness (QED) is 0.651. The number of rotatable bonds is 4. The molecule has 14 heavy (non-hydrogen) atoms. The minimum Gasteiger partial charge on any atom is -0.0654 e. The summed E-state index contributed by atoms with van der Waals surface area (Å²) in [4.78, 5) is 0. The van der Waals surface area contributed by atoms with Crippen LogP contribution in [-0.4, -0.2) is 0 Å². The van der Waals surface area contributed by atoms with Crippen LogP contribution in [0.3, 0.4) is 0 Å². The maximum atomic E-state index is 2.34. The molecule has 1 aromatic rings. The Hall–Kier alpha value is -0.780. The predicted molar refractivity (Wildman–Crippen MR) is 63.9 cm³/mol. The van der Waals surface area contributed by atoms with Crippen molar-refractivity contribution in [3.63, 3.8) is 0 Å². The van der Waals surface area contributed by atoms with Gasteiger partial charge >= 0.3 is 0 Å². The summed E-state index contributed by atoms with van der Waals surface area (Å²) in [7, 11) is 0. The first-order valence-corrected chi connectivity index (χ1v) is 5.71. The van der Waals surface area contributed by atoms with E-state index in [0.717, 1.165) is 0 Å². The van der Waals surface area contributed by atoms with E-state index in [1.54, 1.807) is 0 Å². The van der Waals surface area contributed by atoms with Crippen LogP contribution < -0.4 is 0 Å². The van der Waals surface area contributed by atoms with Crippen molar-refractivity contribution in [3.05, 3.63) is 34.9 Å². The average molecular weight is 190 g/mol. The molecule has 1 unspecified atom stereocenters. The molecule has 0 fully saturated rings. The number of benzene rings is 1. The van der Waals surface area contributed by atoms with E-state index in [2.05, 4.69) is 45.9 Å². The second-order valence-corrected chi connectivity index (χ2v) is 4.46. The molecule has 1 aromatic carbocycles. The van der Waals surface area contributed by atoms with Gasteiger partial charge in [0, 0.05) is 0 Å². The summed E-state index contributed by atoms with van der Waals surface area (Å²) < 4.78 is 0. The van der Waals surface area contributed by atoms with Gasteiger partial charge in [0.15, 0.2) is 0 Å². The molecule has 0 radical (unpaired) electrons. The van der Waals surface area contributed by atoms with Gasteiger partial charge in [0.1, 0.15) is 0 Å². The molecule has 0 nitrogen and oxygen atoms in total. The smallest absolute Gasteiger partial charge is 0.0190 e. The molecule has 0 aliphatic rings. The van der Waals surface area contributed by atoms with Crippen molar-refractivity contribution in [2.24, 2.45) is 0 Å². The molecule has 0 spiro atoms. The summed E-state index contributed by atoms with van der Waals surface area (Å²) in [6.45, 7) is 8.96. The lowest BCUT2D eigenvalue weighted by Gasteiger charge is -2.12. The molecule has 0 heteroatoms. The van der Waals surface area contributed by atoms with E-state index in [9.17, 15) is 0 Å². The minimum atomic E-state index is 0.716. The van der Waals surface area contributed by atoms with Gasteiger partial charge in [-0.2, -0.15) is 0 Å². The van der Waals surface area contributed by atoms with E-state index < -0.39 is 0 Å². The van der Waals surface area contributed by atoms with Gasteiger partial charge in [0.05, 0.1) is 0 Å². The lowest BCUT2D eigenvalue weighted by atomic mass is 9.93. The van der Waals surface area contributed by atoms with Crippen LogP contribution in [0, 0.1) is 13.8 Å². The summed E-state index contributed by atoms with van der Waals surface area (Å²) in [5.41, 5.74) is 4.29. The van der Waals surface area contributed by atoms with Crippen LogP contribution >= 0.6 is 0 Å². The third-order valence-electron chi connectivity index (χ3n) is 2.80. The average Bonchev–Trinajstić information content (AvgIpc) is 2.12. The first kappa shape index (κ1) is 11.3. The zero-order valence-corrected chi connectivity index (χ0v) is 9.93. The fourth-order valence-corrected chi connectivity index (χ4v) is 1.97. The largest absolute Gasteiger partial charge is 0.0654 e. The SMILES string of the molecule is CCCCC(C)c1cc(C)cc(C)c1. The van der Waals surface area contributed by atoms with Gasteiger partial charge < -0.3 is 0 Å². The summed E-state index contributed by atoms with van der Waals surface area (Å²) >= 11 is 0. The Morgan fingerprint density at radius 1 is 1.07 bits per heavy atom. The molecular weight excluding hydrogens is 168 g/mol. The molecule has 0 aliphatic carbocycles. The summed E-state index contributed by atoms with van der Waals surface area (Å²) in [5.74, 6) is 0.716. The third-order valence-corrected chi connectivity index (χ3v) is 2.80. The first-order valence-electron chi connectivity index (χ1n) is 5.71. The highest BCUT2D eigenvalue weighted by atomic mass is 14.1. The van der Waals surface area contributed by atoms with Crippen LogP contribution in [0.4, 0.5) is 0 Å². The van der Waals surface area contributed by atoms with Crippen molar-refractivity contribution >= 4 is 0 Å². The fraction of sp³-hybridized carbons (Fsp3) is 0.571. The van der Waals surface area contributed by atoms with Gasteiger partial charge in [-0.15, -0.1) is 0 Å². The van der Waals surface area contributed by atoms with Crippen molar-refractivity contribution < 1.29 is 0 Å². The topological polar surface area (TPSA) is 0 Å². The summed E-state index contributed by atoms with van der Waals surface area (Å²) in [6, 6.07) is 6.90. The number of hydrogen-bond acceptors (Lipinski definition) is 0. The lowest BCUT2D eigenvalue weighted by molar-refractivity contribution is 0.623. The van der Waals surface area contributed by atoms with Gasteiger partial charge in [-0.05, 0) is 31.7 Å². The molecule has 0 saturated carbocycles. The zero-order chi connectivity index (χ0) is 10.6. The highest BCUT2D eigenvalue weighted by molar-refractivity contribution is 5.30. The molecule has 0 bridgehead atoms. The molecule has 0 aliphatic heterocycles. The zero-order valence-electron chi connectivity index (χ0n) is 9.93. The van der Waals surface area contributed by atoms with Crippen LogP contribution in [0.1, 0.15) is 55.7 Å². The van der Waals surface area contributed by atoms with Crippen molar-refractivity contribution in [3.8, 4) is 0 Å². The third kappa shape index (κ3) is 3.17. The first-order chi connectivity index (χ1) is 6.63. The van der Waals surface area contributed by atoms with Crippen LogP contribution in [0.15, 0.2) is 18.2 Å². The Morgan fingerprint density at radius 3 is 2.14 bits per heavy atom. The fourth-order valence-electron chi connectivity index (χ4n) is 1.97. The van der Waals surface area contributed by atoms with Gasteiger partial charge in [-0.1, -0.05) is 56.0 Å². The van der Waals surface area contributed by atoms with E-state index in [-0.39, 0.29) is 0 Å². The van der Waals surface area contributed by atoms with Crippen molar-refractivity contribution in [2.45, 2.75) is 52.9 Å². The highest BCUT2D eigenvalue weighted by Crippen LogP contribution is 2.23.